The molecular weight excluding hydrogens is 162 g/mol. The van der Waals surface area contributed by atoms with Crippen molar-refractivity contribution >= 4 is 0 Å². The van der Waals surface area contributed by atoms with Gasteiger partial charge in [0.15, 0.2) is 0 Å². The van der Waals surface area contributed by atoms with Crippen molar-refractivity contribution < 1.29 is 4.42 Å². The van der Waals surface area contributed by atoms with E-state index in [0.717, 1.165) is 12.5 Å². The predicted molar refractivity (Wildman–Crippen MR) is 52.4 cm³/mol. The van der Waals surface area contributed by atoms with E-state index >= 15 is 0 Å². The Morgan fingerprint density at radius 3 is 2.85 bits per heavy atom. The fourth-order valence-electron chi connectivity index (χ4n) is 1.86. The highest BCUT2D eigenvalue weighted by Crippen LogP contribution is 2.17. The second-order valence-electron chi connectivity index (χ2n) is 4.09. The zero-order chi connectivity index (χ0) is 9.10. The molecule has 1 saturated heterocycles. The van der Waals surface area contributed by atoms with Gasteiger partial charge in [-0.1, -0.05) is 6.92 Å². The minimum absolute atomic E-state index is 0.917. The van der Waals surface area contributed by atoms with Crippen molar-refractivity contribution in [3.63, 3.8) is 0 Å². The van der Waals surface area contributed by atoms with Gasteiger partial charge in [0.25, 0.3) is 0 Å². The van der Waals surface area contributed by atoms with Gasteiger partial charge < -0.3 is 4.42 Å². The van der Waals surface area contributed by atoms with E-state index in [1.165, 1.54) is 31.5 Å². The van der Waals surface area contributed by atoms with Crippen LogP contribution in [0.15, 0.2) is 23.0 Å². The van der Waals surface area contributed by atoms with Gasteiger partial charge in [0, 0.05) is 12.1 Å². The van der Waals surface area contributed by atoms with Crippen molar-refractivity contribution in [3.8, 4) is 0 Å². The lowest BCUT2D eigenvalue weighted by Gasteiger charge is -2.29. The zero-order valence-electron chi connectivity index (χ0n) is 8.20. The van der Waals surface area contributed by atoms with Gasteiger partial charge in [-0.05, 0) is 37.9 Å². The van der Waals surface area contributed by atoms with Crippen LogP contribution >= 0.6 is 0 Å². The number of hydrogen-bond donors (Lipinski definition) is 0. The van der Waals surface area contributed by atoms with E-state index in [0.29, 0.717) is 0 Å². The molecule has 0 atom stereocenters. The molecule has 0 aliphatic carbocycles. The average Bonchev–Trinajstić information content (AvgIpc) is 2.62. The topological polar surface area (TPSA) is 16.4 Å². The smallest absolute Gasteiger partial charge is 0.0947 e. The van der Waals surface area contributed by atoms with E-state index in [1.54, 1.807) is 6.26 Å². The molecular formula is C11H17NO. The van der Waals surface area contributed by atoms with Gasteiger partial charge in [0.05, 0.1) is 12.5 Å². The number of furan rings is 1. The molecule has 0 spiro atoms. The van der Waals surface area contributed by atoms with E-state index in [9.17, 15) is 0 Å². The van der Waals surface area contributed by atoms with Crippen molar-refractivity contribution in [2.75, 3.05) is 13.1 Å². The van der Waals surface area contributed by atoms with Crippen LogP contribution in [0.1, 0.15) is 25.3 Å². The van der Waals surface area contributed by atoms with Crippen LogP contribution in [0.2, 0.25) is 0 Å². The van der Waals surface area contributed by atoms with Crippen molar-refractivity contribution in [2.24, 2.45) is 5.92 Å². The molecule has 0 N–H and O–H groups in total. The highest BCUT2D eigenvalue weighted by atomic mass is 16.3. The molecule has 1 aromatic rings. The number of likely N-dealkylation sites (tertiary alicyclic amines) is 1. The van der Waals surface area contributed by atoms with E-state index in [-0.39, 0.29) is 0 Å². The SMILES string of the molecule is CC1CCN(Cc2ccoc2)CC1. The van der Waals surface area contributed by atoms with E-state index in [1.807, 2.05) is 6.26 Å². The first-order chi connectivity index (χ1) is 6.34. The van der Waals surface area contributed by atoms with Crippen LogP contribution in [0.5, 0.6) is 0 Å². The van der Waals surface area contributed by atoms with E-state index < -0.39 is 0 Å². The summed E-state index contributed by atoms with van der Waals surface area (Å²) in [5.41, 5.74) is 1.30. The third-order valence-electron chi connectivity index (χ3n) is 2.86. The Kier molecular flexibility index (Phi) is 2.69. The summed E-state index contributed by atoms with van der Waals surface area (Å²) in [7, 11) is 0. The highest BCUT2D eigenvalue weighted by Gasteiger charge is 2.15. The van der Waals surface area contributed by atoms with Gasteiger partial charge >= 0.3 is 0 Å². The Hall–Kier alpha value is -0.760. The van der Waals surface area contributed by atoms with Gasteiger partial charge in [-0.3, -0.25) is 4.90 Å². The zero-order valence-corrected chi connectivity index (χ0v) is 8.20. The van der Waals surface area contributed by atoms with Crippen LogP contribution in [0.4, 0.5) is 0 Å². The normalized spacial score (nSPS) is 20.7. The second kappa shape index (κ2) is 3.97. The minimum Gasteiger partial charge on any atom is -0.472 e. The predicted octanol–water partition coefficient (Wildman–Crippen LogP) is 2.51. The molecule has 0 amide bonds. The molecule has 1 aromatic heterocycles. The van der Waals surface area contributed by atoms with Gasteiger partial charge in [-0.25, -0.2) is 0 Å². The van der Waals surface area contributed by atoms with Crippen molar-refractivity contribution in [1.29, 1.82) is 0 Å². The molecule has 0 unspecified atom stereocenters. The van der Waals surface area contributed by atoms with E-state index in [4.69, 9.17) is 4.42 Å². The molecule has 2 heterocycles. The summed E-state index contributed by atoms with van der Waals surface area (Å²) in [5, 5.41) is 0. The number of piperidine rings is 1. The van der Waals surface area contributed by atoms with Gasteiger partial charge in [0.1, 0.15) is 0 Å². The molecule has 1 aliphatic rings. The van der Waals surface area contributed by atoms with E-state index in [2.05, 4.69) is 17.9 Å². The maximum absolute atomic E-state index is 5.05. The molecule has 1 aliphatic heterocycles. The highest BCUT2D eigenvalue weighted by molar-refractivity contribution is 5.04. The fraction of sp³-hybridized carbons (Fsp3) is 0.636. The summed E-state index contributed by atoms with van der Waals surface area (Å²) in [6, 6.07) is 2.05. The third-order valence-corrected chi connectivity index (χ3v) is 2.86. The van der Waals surface area contributed by atoms with Gasteiger partial charge in [-0.2, -0.15) is 0 Å². The quantitative estimate of drug-likeness (QED) is 0.693. The summed E-state index contributed by atoms with van der Waals surface area (Å²) in [6.45, 7) is 5.89. The fourth-order valence-corrected chi connectivity index (χ4v) is 1.86. The molecule has 0 bridgehead atoms. The summed E-state index contributed by atoms with van der Waals surface area (Å²) in [4.78, 5) is 2.50. The van der Waals surface area contributed by atoms with Crippen molar-refractivity contribution in [1.82, 2.24) is 4.90 Å². The molecule has 1 fully saturated rings. The largest absolute Gasteiger partial charge is 0.472 e. The number of nitrogens with zero attached hydrogens (tertiary/aromatic N) is 1. The first-order valence-corrected chi connectivity index (χ1v) is 5.08. The molecule has 0 aromatic carbocycles. The minimum atomic E-state index is 0.917. The lowest BCUT2D eigenvalue weighted by atomic mass is 9.99. The lowest BCUT2D eigenvalue weighted by molar-refractivity contribution is 0.185. The van der Waals surface area contributed by atoms with Crippen LogP contribution in [0.3, 0.4) is 0 Å². The number of hydrogen-bond acceptors (Lipinski definition) is 2. The van der Waals surface area contributed by atoms with Crippen LogP contribution in [-0.4, -0.2) is 18.0 Å². The standard InChI is InChI=1S/C11H17NO/c1-10-2-5-12(6-3-10)8-11-4-7-13-9-11/h4,7,9-10H,2-3,5-6,8H2,1H3. The molecule has 0 saturated carbocycles. The first kappa shape index (κ1) is 8.82. The Morgan fingerprint density at radius 2 is 2.23 bits per heavy atom. The van der Waals surface area contributed by atoms with Gasteiger partial charge in [-0.15, -0.1) is 0 Å². The molecule has 2 rings (SSSR count). The van der Waals surface area contributed by atoms with Crippen LogP contribution < -0.4 is 0 Å². The Bertz CT molecular complexity index is 235. The molecule has 0 radical (unpaired) electrons. The average molecular weight is 179 g/mol. The van der Waals surface area contributed by atoms with Crippen molar-refractivity contribution in [3.05, 3.63) is 24.2 Å². The summed E-state index contributed by atoms with van der Waals surface area (Å²) >= 11 is 0. The van der Waals surface area contributed by atoms with Gasteiger partial charge in [0.2, 0.25) is 0 Å². The van der Waals surface area contributed by atoms with Crippen LogP contribution in [-0.2, 0) is 6.54 Å². The maximum atomic E-state index is 5.05. The Labute approximate surface area is 79.5 Å². The van der Waals surface area contributed by atoms with Crippen LogP contribution in [0, 0.1) is 5.92 Å². The summed E-state index contributed by atoms with van der Waals surface area (Å²) in [6.07, 6.45) is 6.29. The third kappa shape index (κ3) is 2.34. The maximum Gasteiger partial charge on any atom is 0.0947 e. The van der Waals surface area contributed by atoms with Crippen LogP contribution in [0.25, 0.3) is 0 Å². The Morgan fingerprint density at radius 1 is 1.46 bits per heavy atom. The summed E-state index contributed by atoms with van der Waals surface area (Å²) in [5.74, 6) is 0.917. The molecule has 72 valence electrons. The molecule has 2 nitrogen and oxygen atoms in total. The lowest BCUT2D eigenvalue weighted by Crippen LogP contribution is -2.32. The first-order valence-electron chi connectivity index (χ1n) is 5.08. The second-order valence-corrected chi connectivity index (χ2v) is 4.09. The summed E-state index contributed by atoms with van der Waals surface area (Å²) < 4.78 is 5.05. The Balaban J connectivity index is 1.83. The van der Waals surface area contributed by atoms with Crippen molar-refractivity contribution in [2.45, 2.75) is 26.3 Å². The number of rotatable bonds is 2. The molecule has 13 heavy (non-hydrogen) atoms. The molecule has 2 heteroatoms. The monoisotopic (exact) mass is 179 g/mol.